The molecule has 1 aliphatic heterocycles. The summed E-state index contributed by atoms with van der Waals surface area (Å²) in [6.07, 6.45) is 1.06. The molecule has 0 aliphatic carbocycles. The van der Waals surface area contributed by atoms with Gasteiger partial charge in [-0.2, -0.15) is 16.1 Å². The molecule has 0 radical (unpaired) electrons. The summed E-state index contributed by atoms with van der Waals surface area (Å²) in [6, 6.07) is 9.20. The van der Waals surface area contributed by atoms with Crippen LogP contribution >= 0.6 is 11.8 Å². The van der Waals surface area contributed by atoms with E-state index in [-0.39, 0.29) is 11.7 Å². The summed E-state index contributed by atoms with van der Waals surface area (Å²) in [4.78, 5) is 13.8. The molecular formula is C16H24N2O3S2. The molecule has 1 aliphatic rings. The molecule has 1 aromatic carbocycles. The van der Waals surface area contributed by atoms with Crippen LogP contribution in [-0.4, -0.2) is 61.2 Å². The highest BCUT2D eigenvalue weighted by Crippen LogP contribution is 2.14. The third kappa shape index (κ3) is 5.51. The summed E-state index contributed by atoms with van der Waals surface area (Å²) >= 11 is 1.64. The smallest absolute Gasteiger partial charge is 0.232 e. The number of piperazine rings is 1. The van der Waals surface area contributed by atoms with Crippen LogP contribution in [0.15, 0.2) is 30.3 Å². The molecule has 0 N–H and O–H groups in total. The topological polar surface area (TPSA) is 57.7 Å². The first-order chi connectivity index (χ1) is 11.0. The summed E-state index contributed by atoms with van der Waals surface area (Å²) in [5.41, 5.74) is 0.793. The Kier molecular flexibility index (Phi) is 6.92. The molecule has 23 heavy (non-hydrogen) atoms. The van der Waals surface area contributed by atoms with Crippen molar-refractivity contribution in [2.24, 2.45) is 0 Å². The van der Waals surface area contributed by atoms with Crippen LogP contribution in [0.4, 0.5) is 0 Å². The first kappa shape index (κ1) is 18.3. The van der Waals surface area contributed by atoms with Gasteiger partial charge in [-0.15, -0.1) is 0 Å². The molecule has 128 valence electrons. The fraction of sp³-hybridized carbons (Fsp3) is 0.562. The molecule has 1 saturated heterocycles. The van der Waals surface area contributed by atoms with Gasteiger partial charge >= 0.3 is 0 Å². The Hall–Kier alpha value is -1.05. The second-order valence-corrected chi connectivity index (χ2v) is 8.65. The predicted molar refractivity (Wildman–Crippen MR) is 94.8 cm³/mol. The van der Waals surface area contributed by atoms with E-state index < -0.39 is 10.0 Å². The lowest BCUT2D eigenvalue weighted by Gasteiger charge is -2.34. The number of hydrogen-bond donors (Lipinski definition) is 0. The molecule has 5 nitrogen and oxygen atoms in total. The molecule has 1 amide bonds. The van der Waals surface area contributed by atoms with Gasteiger partial charge in [0.2, 0.25) is 15.9 Å². The number of sulfonamides is 1. The van der Waals surface area contributed by atoms with Crippen molar-refractivity contribution in [2.45, 2.75) is 19.1 Å². The summed E-state index contributed by atoms with van der Waals surface area (Å²) in [6.45, 7) is 3.84. The van der Waals surface area contributed by atoms with E-state index in [0.717, 1.165) is 17.7 Å². The van der Waals surface area contributed by atoms with Crippen molar-refractivity contribution in [1.82, 2.24) is 9.21 Å². The number of benzene rings is 1. The lowest BCUT2D eigenvalue weighted by molar-refractivity contribution is -0.129. The summed E-state index contributed by atoms with van der Waals surface area (Å²) in [5.74, 6) is 1.61. The van der Waals surface area contributed by atoms with Gasteiger partial charge in [-0.3, -0.25) is 4.79 Å². The van der Waals surface area contributed by atoms with Gasteiger partial charge in [0.05, 0.1) is 11.5 Å². The third-order valence-electron chi connectivity index (χ3n) is 3.75. The number of amides is 1. The highest BCUT2D eigenvalue weighted by molar-refractivity contribution is 7.99. The highest BCUT2D eigenvalue weighted by Gasteiger charge is 2.28. The van der Waals surface area contributed by atoms with Gasteiger partial charge in [0.15, 0.2) is 0 Å². The molecule has 2 rings (SSSR count). The Labute approximate surface area is 143 Å². The summed E-state index contributed by atoms with van der Waals surface area (Å²) < 4.78 is 26.4. The van der Waals surface area contributed by atoms with Crippen molar-refractivity contribution in [3.8, 4) is 0 Å². The number of nitrogens with zero attached hydrogens (tertiary/aromatic N) is 2. The maximum atomic E-state index is 12.5. The fourth-order valence-corrected chi connectivity index (χ4v) is 4.79. The van der Waals surface area contributed by atoms with E-state index in [0.29, 0.717) is 31.9 Å². The highest BCUT2D eigenvalue weighted by atomic mass is 32.2. The monoisotopic (exact) mass is 356 g/mol. The van der Waals surface area contributed by atoms with Gasteiger partial charge in [-0.05, 0) is 17.7 Å². The van der Waals surface area contributed by atoms with Gasteiger partial charge in [0.1, 0.15) is 0 Å². The van der Waals surface area contributed by atoms with Crippen LogP contribution in [0.25, 0.3) is 0 Å². The van der Waals surface area contributed by atoms with E-state index in [4.69, 9.17) is 0 Å². The normalized spacial score (nSPS) is 16.5. The lowest BCUT2D eigenvalue weighted by atomic mass is 10.2. The zero-order chi connectivity index (χ0) is 16.7. The van der Waals surface area contributed by atoms with Crippen LogP contribution in [0.3, 0.4) is 0 Å². The minimum atomic E-state index is -3.32. The molecule has 0 unspecified atom stereocenters. The zero-order valence-corrected chi connectivity index (χ0v) is 15.1. The van der Waals surface area contributed by atoms with Gasteiger partial charge in [-0.1, -0.05) is 37.3 Å². The SMILES string of the molecule is CCCSCC(=O)N1CCN(S(=O)(=O)Cc2ccccc2)CC1. The van der Waals surface area contributed by atoms with Crippen molar-refractivity contribution in [3.05, 3.63) is 35.9 Å². The molecule has 1 fully saturated rings. The molecular weight excluding hydrogens is 332 g/mol. The van der Waals surface area contributed by atoms with Crippen LogP contribution in [0.2, 0.25) is 0 Å². The van der Waals surface area contributed by atoms with E-state index in [2.05, 4.69) is 6.92 Å². The minimum Gasteiger partial charge on any atom is -0.339 e. The van der Waals surface area contributed by atoms with Crippen LogP contribution in [0.5, 0.6) is 0 Å². The standard InChI is InChI=1S/C16H24N2O3S2/c1-2-12-22-13-16(19)17-8-10-18(11-9-17)23(20,21)14-15-6-4-3-5-7-15/h3-7H,2,8-14H2,1H3. The van der Waals surface area contributed by atoms with Crippen LogP contribution < -0.4 is 0 Å². The molecule has 0 atom stereocenters. The van der Waals surface area contributed by atoms with Gasteiger partial charge < -0.3 is 4.90 Å². The minimum absolute atomic E-state index is 0.0220. The first-order valence-corrected chi connectivity index (χ1v) is 10.7. The fourth-order valence-electron chi connectivity index (χ4n) is 2.49. The quantitative estimate of drug-likeness (QED) is 0.699. The molecule has 7 heteroatoms. The second kappa shape index (κ2) is 8.70. The van der Waals surface area contributed by atoms with E-state index >= 15 is 0 Å². The van der Waals surface area contributed by atoms with Crippen molar-refractivity contribution in [1.29, 1.82) is 0 Å². The Morgan fingerprint density at radius 3 is 2.39 bits per heavy atom. The lowest BCUT2D eigenvalue weighted by Crippen LogP contribution is -2.51. The first-order valence-electron chi connectivity index (χ1n) is 7.90. The molecule has 0 saturated carbocycles. The molecule has 0 aromatic heterocycles. The average molecular weight is 357 g/mol. The maximum Gasteiger partial charge on any atom is 0.232 e. The molecule has 0 spiro atoms. The van der Waals surface area contributed by atoms with Crippen molar-refractivity contribution >= 4 is 27.7 Å². The number of carbonyl (C=O) groups excluding carboxylic acids is 1. The molecule has 1 aromatic rings. The van der Waals surface area contributed by atoms with Crippen molar-refractivity contribution in [3.63, 3.8) is 0 Å². The largest absolute Gasteiger partial charge is 0.339 e. The maximum absolute atomic E-state index is 12.5. The average Bonchev–Trinajstić information content (AvgIpc) is 2.55. The van der Waals surface area contributed by atoms with Crippen molar-refractivity contribution in [2.75, 3.05) is 37.7 Å². The summed E-state index contributed by atoms with van der Waals surface area (Å²) in [5, 5.41) is 0. The third-order valence-corrected chi connectivity index (χ3v) is 6.75. The number of thioether (sulfide) groups is 1. The van der Waals surface area contributed by atoms with E-state index in [1.165, 1.54) is 4.31 Å². The van der Waals surface area contributed by atoms with Gasteiger partial charge in [0, 0.05) is 26.2 Å². The van der Waals surface area contributed by atoms with Gasteiger partial charge in [0.25, 0.3) is 0 Å². The molecule has 0 bridgehead atoms. The number of rotatable bonds is 7. The number of hydrogen-bond acceptors (Lipinski definition) is 4. The van der Waals surface area contributed by atoms with Gasteiger partial charge in [-0.25, -0.2) is 8.42 Å². The van der Waals surface area contributed by atoms with E-state index in [1.807, 2.05) is 30.3 Å². The van der Waals surface area contributed by atoms with Crippen LogP contribution in [0.1, 0.15) is 18.9 Å². The number of carbonyl (C=O) groups is 1. The zero-order valence-electron chi connectivity index (χ0n) is 13.5. The molecule has 1 heterocycles. The second-order valence-electron chi connectivity index (χ2n) is 5.57. The van der Waals surface area contributed by atoms with Crippen molar-refractivity contribution < 1.29 is 13.2 Å². The van der Waals surface area contributed by atoms with E-state index in [1.54, 1.807) is 16.7 Å². The Morgan fingerprint density at radius 2 is 1.78 bits per heavy atom. The van der Waals surface area contributed by atoms with Crippen LogP contribution in [-0.2, 0) is 20.6 Å². The Morgan fingerprint density at radius 1 is 1.13 bits per heavy atom. The van der Waals surface area contributed by atoms with Crippen LogP contribution in [0, 0.1) is 0 Å². The van der Waals surface area contributed by atoms with E-state index in [9.17, 15) is 13.2 Å². The Balaban J connectivity index is 1.84. The summed E-state index contributed by atoms with van der Waals surface area (Å²) in [7, 11) is -3.32. The Bertz CT molecular complexity index is 597. The predicted octanol–water partition coefficient (Wildman–Crippen LogP) is 1.80.